The highest BCUT2D eigenvalue weighted by Gasteiger charge is 2.30. The number of amides is 1. The van der Waals surface area contributed by atoms with E-state index in [9.17, 15) is 4.79 Å². The van der Waals surface area contributed by atoms with Crippen molar-refractivity contribution in [1.82, 2.24) is 19.7 Å². The first-order valence-electron chi connectivity index (χ1n) is 7.33. The fourth-order valence-corrected chi connectivity index (χ4v) is 2.90. The van der Waals surface area contributed by atoms with Crippen molar-refractivity contribution < 1.29 is 4.79 Å². The van der Waals surface area contributed by atoms with Crippen LogP contribution in [0.3, 0.4) is 0 Å². The molecule has 3 rings (SSSR count). The van der Waals surface area contributed by atoms with E-state index in [1.165, 1.54) is 0 Å². The zero-order valence-electron chi connectivity index (χ0n) is 12.5. The van der Waals surface area contributed by atoms with Gasteiger partial charge in [0.25, 0.3) is 0 Å². The monoisotopic (exact) mass is 284 g/mol. The maximum Gasteiger partial charge on any atom is 0.227 e. The minimum atomic E-state index is 0.171. The molecule has 0 spiro atoms. The van der Waals surface area contributed by atoms with Crippen LogP contribution in [0.2, 0.25) is 0 Å². The summed E-state index contributed by atoms with van der Waals surface area (Å²) in [6.45, 7) is 2.78. The van der Waals surface area contributed by atoms with E-state index in [2.05, 4.69) is 10.1 Å². The van der Waals surface area contributed by atoms with Crippen LogP contribution >= 0.6 is 0 Å². The molecule has 5 heteroatoms. The number of pyridine rings is 1. The highest BCUT2D eigenvalue weighted by molar-refractivity contribution is 5.79. The minimum absolute atomic E-state index is 0.171. The predicted octanol–water partition coefficient (Wildman–Crippen LogP) is 2.03. The second kappa shape index (κ2) is 5.68. The molecular weight excluding hydrogens is 264 g/mol. The number of hydrogen-bond donors (Lipinski definition) is 0. The molecule has 1 atom stereocenters. The van der Waals surface area contributed by atoms with Gasteiger partial charge in [-0.05, 0) is 31.4 Å². The molecule has 1 aliphatic rings. The molecule has 110 valence electrons. The summed E-state index contributed by atoms with van der Waals surface area (Å²) >= 11 is 0. The van der Waals surface area contributed by atoms with Crippen LogP contribution in [0.1, 0.15) is 35.7 Å². The first-order valence-corrected chi connectivity index (χ1v) is 7.33. The number of aryl methyl sites for hydroxylation is 2. The van der Waals surface area contributed by atoms with Gasteiger partial charge in [-0.1, -0.05) is 6.07 Å². The number of carbonyl (C=O) groups is 1. The molecule has 0 radical (unpaired) electrons. The van der Waals surface area contributed by atoms with Crippen LogP contribution in [-0.2, 0) is 18.3 Å². The van der Waals surface area contributed by atoms with Gasteiger partial charge >= 0.3 is 0 Å². The maximum atomic E-state index is 12.6. The molecule has 5 nitrogen and oxygen atoms in total. The highest BCUT2D eigenvalue weighted by atomic mass is 16.2. The summed E-state index contributed by atoms with van der Waals surface area (Å²) in [5.74, 6) is 0.173. The van der Waals surface area contributed by atoms with Gasteiger partial charge in [0.05, 0.1) is 18.7 Å². The Balaban J connectivity index is 1.72. The molecule has 1 aliphatic heterocycles. The molecule has 1 unspecified atom stereocenters. The Bertz CT molecular complexity index is 632. The summed E-state index contributed by atoms with van der Waals surface area (Å²) in [7, 11) is 1.91. The van der Waals surface area contributed by atoms with Gasteiger partial charge in [0, 0.05) is 37.2 Å². The standard InChI is InChI=1S/C16H20N4O/c1-12-5-6-13(9-17-12)8-16(21)20-7-3-4-15(20)14-10-18-19(2)11-14/h5-6,9-11,15H,3-4,7-8H2,1-2H3. The van der Waals surface area contributed by atoms with Crippen molar-refractivity contribution in [3.63, 3.8) is 0 Å². The Morgan fingerprint density at radius 1 is 1.38 bits per heavy atom. The molecule has 0 N–H and O–H groups in total. The Morgan fingerprint density at radius 2 is 2.24 bits per heavy atom. The van der Waals surface area contributed by atoms with Crippen molar-refractivity contribution in [2.45, 2.75) is 32.2 Å². The van der Waals surface area contributed by atoms with E-state index in [0.29, 0.717) is 6.42 Å². The molecule has 1 saturated heterocycles. The fourth-order valence-electron chi connectivity index (χ4n) is 2.90. The van der Waals surface area contributed by atoms with Crippen molar-refractivity contribution in [2.75, 3.05) is 6.54 Å². The van der Waals surface area contributed by atoms with Crippen molar-refractivity contribution in [2.24, 2.45) is 7.05 Å². The normalized spacial score (nSPS) is 18.2. The van der Waals surface area contributed by atoms with E-state index >= 15 is 0 Å². The molecule has 1 amide bonds. The van der Waals surface area contributed by atoms with Gasteiger partial charge in [-0.3, -0.25) is 14.5 Å². The van der Waals surface area contributed by atoms with E-state index in [1.54, 1.807) is 10.9 Å². The Hall–Kier alpha value is -2.17. The molecule has 0 aliphatic carbocycles. The van der Waals surface area contributed by atoms with Crippen LogP contribution in [0.15, 0.2) is 30.7 Å². The lowest BCUT2D eigenvalue weighted by atomic mass is 10.1. The molecule has 0 saturated carbocycles. The van der Waals surface area contributed by atoms with E-state index < -0.39 is 0 Å². The smallest absolute Gasteiger partial charge is 0.227 e. The van der Waals surface area contributed by atoms with Gasteiger partial charge in [0.1, 0.15) is 0 Å². The summed E-state index contributed by atoms with van der Waals surface area (Å²) in [5.41, 5.74) is 3.08. The average molecular weight is 284 g/mol. The summed E-state index contributed by atoms with van der Waals surface area (Å²) in [6.07, 6.45) is 8.15. The number of aromatic nitrogens is 3. The van der Waals surface area contributed by atoms with Crippen LogP contribution in [-0.4, -0.2) is 32.1 Å². The second-order valence-corrected chi connectivity index (χ2v) is 5.68. The molecular formula is C16H20N4O. The van der Waals surface area contributed by atoms with E-state index in [-0.39, 0.29) is 11.9 Å². The van der Waals surface area contributed by atoms with Gasteiger partial charge in [-0.25, -0.2) is 0 Å². The van der Waals surface area contributed by atoms with Gasteiger partial charge in [0.2, 0.25) is 5.91 Å². The third-order valence-corrected chi connectivity index (χ3v) is 4.01. The Kier molecular flexibility index (Phi) is 3.73. The summed E-state index contributed by atoms with van der Waals surface area (Å²) in [5, 5.41) is 4.22. The predicted molar refractivity (Wildman–Crippen MR) is 79.6 cm³/mol. The van der Waals surface area contributed by atoms with Crippen LogP contribution < -0.4 is 0 Å². The minimum Gasteiger partial charge on any atom is -0.335 e. The third kappa shape index (κ3) is 2.96. The summed E-state index contributed by atoms with van der Waals surface area (Å²) in [4.78, 5) is 18.8. The third-order valence-electron chi connectivity index (χ3n) is 4.01. The van der Waals surface area contributed by atoms with Gasteiger partial charge < -0.3 is 4.90 Å². The van der Waals surface area contributed by atoms with Gasteiger partial charge in [0.15, 0.2) is 0 Å². The van der Waals surface area contributed by atoms with E-state index in [1.807, 2.05) is 43.4 Å². The van der Waals surface area contributed by atoms with Crippen LogP contribution in [0.5, 0.6) is 0 Å². The number of carbonyl (C=O) groups excluding carboxylic acids is 1. The summed E-state index contributed by atoms with van der Waals surface area (Å²) < 4.78 is 1.79. The fraction of sp³-hybridized carbons (Fsp3) is 0.438. The molecule has 21 heavy (non-hydrogen) atoms. The summed E-state index contributed by atoms with van der Waals surface area (Å²) in [6, 6.07) is 4.10. The van der Waals surface area contributed by atoms with Crippen molar-refractivity contribution in [3.05, 3.63) is 47.5 Å². The van der Waals surface area contributed by atoms with E-state index in [0.717, 1.165) is 36.2 Å². The van der Waals surface area contributed by atoms with Gasteiger partial charge in [-0.2, -0.15) is 5.10 Å². The molecule has 0 bridgehead atoms. The SMILES string of the molecule is Cc1ccc(CC(=O)N2CCCC2c2cnn(C)c2)cn1. The number of nitrogens with zero attached hydrogens (tertiary/aromatic N) is 4. The largest absolute Gasteiger partial charge is 0.335 e. The molecule has 2 aromatic heterocycles. The Morgan fingerprint density at radius 3 is 2.90 bits per heavy atom. The van der Waals surface area contributed by atoms with Crippen LogP contribution in [0.4, 0.5) is 0 Å². The zero-order chi connectivity index (χ0) is 14.8. The molecule has 0 aromatic carbocycles. The lowest BCUT2D eigenvalue weighted by Gasteiger charge is -2.24. The first-order chi connectivity index (χ1) is 10.1. The lowest BCUT2D eigenvalue weighted by molar-refractivity contribution is -0.131. The number of rotatable bonds is 3. The van der Waals surface area contributed by atoms with Gasteiger partial charge in [-0.15, -0.1) is 0 Å². The molecule has 2 aromatic rings. The Labute approximate surface area is 124 Å². The zero-order valence-corrected chi connectivity index (χ0v) is 12.5. The number of likely N-dealkylation sites (tertiary alicyclic amines) is 1. The topological polar surface area (TPSA) is 51.0 Å². The maximum absolute atomic E-state index is 12.6. The van der Waals surface area contributed by atoms with Crippen LogP contribution in [0, 0.1) is 6.92 Å². The van der Waals surface area contributed by atoms with Crippen molar-refractivity contribution in [1.29, 1.82) is 0 Å². The highest BCUT2D eigenvalue weighted by Crippen LogP contribution is 2.31. The van der Waals surface area contributed by atoms with Crippen molar-refractivity contribution >= 4 is 5.91 Å². The van der Waals surface area contributed by atoms with Crippen molar-refractivity contribution in [3.8, 4) is 0 Å². The van der Waals surface area contributed by atoms with E-state index in [4.69, 9.17) is 0 Å². The lowest BCUT2D eigenvalue weighted by Crippen LogP contribution is -2.31. The second-order valence-electron chi connectivity index (χ2n) is 5.68. The quantitative estimate of drug-likeness (QED) is 0.866. The number of hydrogen-bond acceptors (Lipinski definition) is 3. The first kappa shape index (κ1) is 13.8. The molecule has 1 fully saturated rings. The average Bonchev–Trinajstić information content (AvgIpc) is 3.09. The van der Waals surface area contributed by atoms with Crippen LogP contribution in [0.25, 0.3) is 0 Å². The molecule has 3 heterocycles.